The average molecular weight is 342 g/mol. The van der Waals surface area contributed by atoms with Crippen molar-refractivity contribution in [1.82, 2.24) is 9.55 Å². The predicted molar refractivity (Wildman–Crippen MR) is 92.4 cm³/mol. The van der Waals surface area contributed by atoms with Gasteiger partial charge in [-0.1, -0.05) is 11.8 Å². The van der Waals surface area contributed by atoms with Crippen LogP contribution in [0.2, 0.25) is 0 Å². The van der Waals surface area contributed by atoms with Gasteiger partial charge in [0.2, 0.25) is 0 Å². The number of nitrogens with zero attached hydrogens (tertiary/aromatic N) is 2. The summed E-state index contributed by atoms with van der Waals surface area (Å²) in [6.07, 6.45) is 0. The Morgan fingerprint density at radius 3 is 2.73 bits per heavy atom. The lowest BCUT2D eigenvalue weighted by molar-refractivity contribution is 0.103. The smallest absolute Gasteiger partial charge is 0.263 e. The minimum atomic E-state index is 0.0271. The van der Waals surface area contributed by atoms with Crippen LogP contribution in [-0.4, -0.2) is 40.2 Å². The fraction of sp³-hybridized carbons (Fsp3) is 0.600. The minimum Gasteiger partial charge on any atom is -0.394 e. The van der Waals surface area contributed by atoms with Crippen molar-refractivity contribution in [3.63, 3.8) is 0 Å². The summed E-state index contributed by atoms with van der Waals surface area (Å²) in [6, 6.07) is 0.0601. The highest BCUT2D eigenvalue weighted by Crippen LogP contribution is 2.29. The molecule has 2 heterocycles. The summed E-state index contributed by atoms with van der Waals surface area (Å²) in [4.78, 5) is 19.5. The third-order valence-electron chi connectivity index (χ3n) is 3.41. The van der Waals surface area contributed by atoms with Crippen molar-refractivity contribution in [2.24, 2.45) is 0 Å². The van der Waals surface area contributed by atoms with E-state index in [9.17, 15) is 4.79 Å². The second-order valence-corrected chi connectivity index (χ2v) is 7.58. The lowest BCUT2D eigenvalue weighted by Gasteiger charge is -2.15. The highest BCUT2D eigenvalue weighted by atomic mass is 32.2. The van der Waals surface area contributed by atoms with E-state index in [1.165, 1.54) is 11.8 Å². The number of rotatable bonds is 7. The molecule has 2 aromatic rings. The van der Waals surface area contributed by atoms with Gasteiger partial charge in [0, 0.05) is 16.7 Å². The van der Waals surface area contributed by atoms with Crippen LogP contribution in [0.15, 0.2) is 9.95 Å². The fourth-order valence-electron chi connectivity index (χ4n) is 2.20. The third-order valence-corrected chi connectivity index (χ3v) is 5.43. The van der Waals surface area contributed by atoms with Crippen molar-refractivity contribution >= 4 is 33.3 Å². The van der Waals surface area contributed by atoms with Crippen LogP contribution < -0.4 is 5.56 Å². The zero-order chi connectivity index (χ0) is 16.3. The number of aliphatic hydroxyl groups excluding tert-OH is 1. The van der Waals surface area contributed by atoms with Crippen LogP contribution in [0.4, 0.5) is 0 Å². The molecule has 0 aliphatic rings. The Morgan fingerprint density at radius 2 is 2.09 bits per heavy atom. The molecule has 0 aliphatic carbocycles. The monoisotopic (exact) mass is 342 g/mol. The zero-order valence-corrected chi connectivity index (χ0v) is 15.0. The molecule has 122 valence electrons. The van der Waals surface area contributed by atoms with Crippen LogP contribution in [-0.2, 0) is 4.74 Å². The van der Waals surface area contributed by atoms with Crippen LogP contribution in [0, 0.1) is 13.8 Å². The first-order valence-corrected chi connectivity index (χ1v) is 9.11. The van der Waals surface area contributed by atoms with Gasteiger partial charge in [-0.3, -0.25) is 9.36 Å². The van der Waals surface area contributed by atoms with Gasteiger partial charge >= 0.3 is 0 Å². The Labute approximate surface area is 138 Å². The quantitative estimate of drug-likeness (QED) is 0.476. The van der Waals surface area contributed by atoms with E-state index >= 15 is 0 Å². The predicted octanol–water partition coefficient (Wildman–Crippen LogP) is 2.76. The molecule has 2 rings (SSSR count). The Hall–Kier alpha value is -0.890. The Bertz CT molecular complexity index is 707. The van der Waals surface area contributed by atoms with E-state index < -0.39 is 0 Å². The largest absolute Gasteiger partial charge is 0.394 e. The molecule has 0 aromatic carbocycles. The van der Waals surface area contributed by atoms with E-state index in [4.69, 9.17) is 14.8 Å². The standard InChI is InChI=1S/C15H22N2O3S2/c1-9(2)17-14(19)12-10(3)11(4)22-13(12)16-15(17)21-8-7-20-6-5-18/h9,18H,5-8H2,1-4H3. The van der Waals surface area contributed by atoms with E-state index in [1.54, 1.807) is 15.9 Å². The summed E-state index contributed by atoms with van der Waals surface area (Å²) in [5.74, 6) is 0.702. The first kappa shape index (κ1) is 17.5. The number of fused-ring (bicyclic) bond motifs is 1. The number of thiophene rings is 1. The fourth-order valence-corrected chi connectivity index (χ4v) is 4.25. The molecule has 0 amide bonds. The van der Waals surface area contributed by atoms with Crippen molar-refractivity contribution in [2.45, 2.75) is 38.9 Å². The molecule has 5 nitrogen and oxygen atoms in total. The number of aromatic nitrogens is 2. The normalized spacial score (nSPS) is 11.7. The van der Waals surface area contributed by atoms with Gasteiger partial charge in [-0.2, -0.15) is 0 Å². The molecule has 0 unspecified atom stereocenters. The summed E-state index contributed by atoms with van der Waals surface area (Å²) in [5.41, 5.74) is 1.08. The van der Waals surface area contributed by atoms with E-state index in [-0.39, 0.29) is 18.2 Å². The van der Waals surface area contributed by atoms with Crippen molar-refractivity contribution < 1.29 is 9.84 Å². The van der Waals surface area contributed by atoms with Gasteiger partial charge in [0.05, 0.1) is 25.2 Å². The van der Waals surface area contributed by atoms with E-state index in [0.29, 0.717) is 19.0 Å². The molecular formula is C15H22N2O3S2. The van der Waals surface area contributed by atoms with Gasteiger partial charge in [-0.15, -0.1) is 11.3 Å². The summed E-state index contributed by atoms with van der Waals surface area (Å²) >= 11 is 3.09. The Morgan fingerprint density at radius 1 is 1.36 bits per heavy atom. The number of aryl methyl sites for hydroxylation is 2. The maximum absolute atomic E-state index is 12.8. The maximum atomic E-state index is 12.8. The molecule has 22 heavy (non-hydrogen) atoms. The summed E-state index contributed by atoms with van der Waals surface area (Å²) < 4.78 is 7.02. The molecule has 0 aliphatic heterocycles. The molecule has 2 aromatic heterocycles. The van der Waals surface area contributed by atoms with E-state index in [2.05, 4.69) is 0 Å². The van der Waals surface area contributed by atoms with Gasteiger partial charge in [0.25, 0.3) is 5.56 Å². The number of hydrogen-bond acceptors (Lipinski definition) is 6. The molecule has 0 saturated heterocycles. The first-order valence-electron chi connectivity index (χ1n) is 7.31. The second-order valence-electron chi connectivity index (χ2n) is 5.31. The van der Waals surface area contributed by atoms with Crippen LogP contribution >= 0.6 is 23.1 Å². The molecular weight excluding hydrogens is 320 g/mol. The number of hydrogen-bond donors (Lipinski definition) is 1. The number of ether oxygens (including phenoxy) is 1. The van der Waals surface area contributed by atoms with Crippen molar-refractivity contribution in [3.05, 3.63) is 20.8 Å². The second kappa shape index (κ2) is 7.59. The average Bonchev–Trinajstić information content (AvgIpc) is 2.73. The van der Waals surface area contributed by atoms with Crippen LogP contribution in [0.25, 0.3) is 10.2 Å². The van der Waals surface area contributed by atoms with Crippen molar-refractivity contribution in [3.8, 4) is 0 Å². The van der Waals surface area contributed by atoms with Gasteiger partial charge in [0.15, 0.2) is 5.16 Å². The number of aliphatic hydroxyl groups is 1. The number of thioether (sulfide) groups is 1. The molecule has 0 bridgehead atoms. The van der Waals surface area contributed by atoms with E-state index in [1.807, 2.05) is 27.7 Å². The summed E-state index contributed by atoms with van der Waals surface area (Å²) in [5, 5.41) is 10.2. The molecule has 0 spiro atoms. The highest BCUT2D eigenvalue weighted by molar-refractivity contribution is 7.99. The summed E-state index contributed by atoms with van der Waals surface area (Å²) in [6.45, 7) is 8.89. The molecule has 0 atom stereocenters. The van der Waals surface area contributed by atoms with Crippen molar-refractivity contribution in [1.29, 1.82) is 0 Å². The molecule has 0 fully saturated rings. The third kappa shape index (κ3) is 3.53. The van der Waals surface area contributed by atoms with Gasteiger partial charge in [0.1, 0.15) is 4.83 Å². The van der Waals surface area contributed by atoms with Crippen LogP contribution in [0.3, 0.4) is 0 Å². The van der Waals surface area contributed by atoms with Crippen LogP contribution in [0.5, 0.6) is 0 Å². The molecule has 7 heteroatoms. The van der Waals surface area contributed by atoms with Gasteiger partial charge < -0.3 is 9.84 Å². The lowest BCUT2D eigenvalue weighted by Crippen LogP contribution is -2.25. The SMILES string of the molecule is Cc1sc2nc(SCCOCCO)n(C(C)C)c(=O)c2c1C. The van der Waals surface area contributed by atoms with Gasteiger partial charge in [-0.05, 0) is 33.3 Å². The molecule has 1 N–H and O–H groups in total. The van der Waals surface area contributed by atoms with E-state index in [0.717, 1.165) is 25.8 Å². The lowest BCUT2D eigenvalue weighted by atomic mass is 10.2. The summed E-state index contributed by atoms with van der Waals surface area (Å²) in [7, 11) is 0. The molecule has 0 saturated carbocycles. The minimum absolute atomic E-state index is 0.0271. The van der Waals surface area contributed by atoms with Crippen molar-refractivity contribution in [2.75, 3.05) is 25.6 Å². The Kier molecular flexibility index (Phi) is 6.02. The van der Waals surface area contributed by atoms with Crippen LogP contribution in [0.1, 0.15) is 30.3 Å². The van der Waals surface area contributed by atoms with Gasteiger partial charge in [-0.25, -0.2) is 4.98 Å². The maximum Gasteiger partial charge on any atom is 0.263 e. The zero-order valence-electron chi connectivity index (χ0n) is 13.4. The Balaban J connectivity index is 2.36. The first-order chi connectivity index (χ1) is 10.5. The highest BCUT2D eigenvalue weighted by Gasteiger charge is 2.18. The topological polar surface area (TPSA) is 64.3 Å². The molecule has 0 radical (unpaired) electrons.